The van der Waals surface area contributed by atoms with E-state index in [0.29, 0.717) is 34.3 Å². The number of methoxy groups -OCH3 is 3. The maximum absolute atomic E-state index is 13.3. The van der Waals surface area contributed by atoms with Gasteiger partial charge in [-0.25, -0.2) is 13.8 Å². The van der Waals surface area contributed by atoms with Gasteiger partial charge in [0.05, 0.1) is 39.0 Å². The van der Waals surface area contributed by atoms with Gasteiger partial charge in [-0.2, -0.15) is 9.41 Å². The van der Waals surface area contributed by atoms with E-state index in [1.54, 1.807) is 12.1 Å². The number of nitrogens with zero attached hydrogens (tertiary/aromatic N) is 2. The molecule has 0 saturated carbocycles. The summed E-state index contributed by atoms with van der Waals surface area (Å²) in [6.45, 7) is -0.330. The van der Waals surface area contributed by atoms with Crippen molar-refractivity contribution in [1.82, 2.24) is 9.73 Å². The molecule has 11 heteroatoms. The van der Waals surface area contributed by atoms with E-state index in [-0.39, 0.29) is 11.4 Å². The van der Waals surface area contributed by atoms with Crippen LogP contribution in [0.5, 0.6) is 17.2 Å². The second kappa shape index (κ2) is 13.1. The van der Waals surface area contributed by atoms with Crippen LogP contribution in [0.4, 0.5) is 0 Å². The van der Waals surface area contributed by atoms with Crippen LogP contribution in [0, 0.1) is 0 Å². The molecule has 3 aromatic carbocycles. The van der Waals surface area contributed by atoms with Gasteiger partial charge in [-0.15, -0.1) is 0 Å². The lowest BCUT2D eigenvalue weighted by atomic mass is 10.1. The summed E-state index contributed by atoms with van der Waals surface area (Å²) in [5.74, 6) is 0.675. The number of sulfonamides is 1. The van der Waals surface area contributed by atoms with Crippen molar-refractivity contribution in [3.63, 3.8) is 0 Å². The number of carbonyl (C=O) groups is 1. The highest BCUT2D eigenvalue weighted by atomic mass is 35.5. The van der Waals surface area contributed by atoms with E-state index < -0.39 is 22.5 Å². The quantitative estimate of drug-likeness (QED) is 0.274. The number of nitrogens with one attached hydrogen (secondary N) is 1. The molecule has 0 unspecified atom stereocenters. The second-order valence-corrected chi connectivity index (χ2v) is 10.2. The van der Waals surface area contributed by atoms with Crippen molar-refractivity contribution in [1.29, 1.82) is 0 Å². The van der Waals surface area contributed by atoms with Crippen molar-refractivity contribution in [2.75, 3.05) is 34.4 Å². The molecule has 0 aromatic heterocycles. The van der Waals surface area contributed by atoms with Crippen LogP contribution >= 0.6 is 11.6 Å². The molecule has 1 amide bonds. The summed E-state index contributed by atoms with van der Waals surface area (Å²) in [7, 11) is 0.508. The second-order valence-electron chi connectivity index (χ2n) is 7.78. The zero-order valence-corrected chi connectivity index (χ0v) is 22.3. The van der Waals surface area contributed by atoms with Gasteiger partial charge in [0.1, 0.15) is 0 Å². The number of amides is 1. The number of ether oxygens (including phenoxy) is 3. The largest absolute Gasteiger partial charge is 0.493 e. The predicted molar refractivity (Wildman–Crippen MR) is 142 cm³/mol. The minimum atomic E-state index is -3.97. The average Bonchev–Trinajstić information content (AvgIpc) is 2.91. The summed E-state index contributed by atoms with van der Waals surface area (Å²) in [4.78, 5) is 12.8. The molecule has 37 heavy (non-hydrogen) atoms. The van der Waals surface area contributed by atoms with Crippen LogP contribution in [0.2, 0.25) is 5.02 Å². The third-order valence-corrected chi connectivity index (χ3v) is 7.47. The molecule has 0 bridgehead atoms. The van der Waals surface area contributed by atoms with Crippen molar-refractivity contribution < 1.29 is 27.4 Å². The molecule has 0 fully saturated rings. The SMILES string of the molecule is COc1cc(/C=N\NC(=O)CN(CCc2ccccc2)S(=O)(=O)c2ccc(Cl)cc2)cc(OC)c1OC. The molecular weight excluding hydrogens is 518 g/mol. The molecule has 0 spiro atoms. The van der Waals surface area contributed by atoms with Crippen molar-refractivity contribution in [2.45, 2.75) is 11.3 Å². The number of benzene rings is 3. The van der Waals surface area contributed by atoms with E-state index in [1.165, 1.54) is 51.8 Å². The number of hydrogen-bond donors (Lipinski definition) is 1. The van der Waals surface area contributed by atoms with Crippen LogP contribution in [0.1, 0.15) is 11.1 Å². The summed E-state index contributed by atoms with van der Waals surface area (Å²) in [6, 6.07) is 18.5. The highest BCUT2D eigenvalue weighted by Gasteiger charge is 2.26. The molecule has 196 valence electrons. The standard InChI is InChI=1S/C26H28ClN3O6S/c1-34-23-15-20(16-24(35-2)26(23)36-3)17-28-29-25(31)18-30(14-13-19-7-5-4-6-8-19)37(32,33)22-11-9-21(27)10-12-22/h4-12,15-17H,13-14,18H2,1-3H3,(H,29,31)/b28-17-. The third-order valence-electron chi connectivity index (χ3n) is 5.35. The van der Waals surface area contributed by atoms with Gasteiger partial charge in [0.2, 0.25) is 15.8 Å². The summed E-state index contributed by atoms with van der Waals surface area (Å²) in [6.07, 6.45) is 1.82. The molecular formula is C26H28ClN3O6S. The van der Waals surface area contributed by atoms with E-state index in [0.717, 1.165) is 9.87 Å². The number of halogens is 1. The molecule has 9 nitrogen and oxygen atoms in total. The van der Waals surface area contributed by atoms with Gasteiger partial charge in [0.25, 0.3) is 5.91 Å². The van der Waals surface area contributed by atoms with Gasteiger partial charge in [0.15, 0.2) is 11.5 Å². The van der Waals surface area contributed by atoms with Gasteiger partial charge in [-0.1, -0.05) is 41.9 Å². The van der Waals surface area contributed by atoms with Crippen LogP contribution < -0.4 is 19.6 Å². The normalized spacial score (nSPS) is 11.5. The van der Waals surface area contributed by atoms with E-state index >= 15 is 0 Å². The summed E-state index contributed by atoms with van der Waals surface area (Å²) < 4.78 is 43.7. The van der Waals surface area contributed by atoms with Gasteiger partial charge in [-0.05, 0) is 48.4 Å². The Labute approximate surface area is 221 Å². The Hall–Kier alpha value is -3.60. The number of carbonyl (C=O) groups excluding carboxylic acids is 1. The van der Waals surface area contributed by atoms with Crippen LogP contribution in [0.15, 0.2) is 76.7 Å². The number of rotatable bonds is 12. The Bertz CT molecular complexity index is 1310. The number of hydrogen-bond acceptors (Lipinski definition) is 7. The van der Waals surface area contributed by atoms with E-state index in [1.807, 2.05) is 30.3 Å². The molecule has 0 heterocycles. The maximum Gasteiger partial charge on any atom is 0.255 e. The fourth-order valence-electron chi connectivity index (χ4n) is 3.49. The Morgan fingerprint density at radius 1 is 0.973 bits per heavy atom. The molecule has 0 atom stereocenters. The molecule has 0 radical (unpaired) electrons. The van der Waals surface area contributed by atoms with E-state index in [4.69, 9.17) is 25.8 Å². The molecule has 3 aromatic rings. The van der Waals surface area contributed by atoms with Gasteiger partial charge in [0, 0.05) is 17.1 Å². The van der Waals surface area contributed by atoms with Crippen LogP contribution in [0.3, 0.4) is 0 Å². The first-order valence-electron chi connectivity index (χ1n) is 11.2. The number of hydrazone groups is 1. The zero-order chi connectivity index (χ0) is 26.8. The minimum Gasteiger partial charge on any atom is -0.493 e. The first-order valence-corrected chi connectivity index (χ1v) is 13.0. The molecule has 0 saturated heterocycles. The topological polar surface area (TPSA) is 107 Å². The van der Waals surface area contributed by atoms with Gasteiger partial charge >= 0.3 is 0 Å². The lowest BCUT2D eigenvalue weighted by Gasteiger charge is -2.21. The lowest BCUT2D eigenvalue weighted by molar-refractivity contribution is -0.121. The minimum absolute atomic E-state index is 0.0404. The van der Waals surface area contributed by atoms with Gasteiger partial charge < -0.3 is 14.2 Å². The highest BCUT2D eigenvalue weighted by molar-refractivity contribution is 7.89. The van der Waals surface area contributed by atoms with Crippen LogP contribution in [-0.4, -0.2) is 59.3 Å². The smallest absolute Gasteiger partial charge is 0.255 e. The third kappa shape index (κ3) is 7.45. The predicted octanol–water partition coefficient (Wildman–Crippen LogP) is 3.75. The molecule has 0 aliphatic rings. The van der Waals surface area contributed by atoms with Crippen LogP contribution in [-0.2, 0) is 21.2 Å². The molecule has 1 N–H and O–H groups in total. The van der Waals surface area contributed by atoms with Crippen molar-refractivity contribution in [3.05, 3.63) is 82.9 Å². The fourth-order valence-corrected chi connectivity index (χ4v) is 5.01. The molecule has 0 aliphatic heterocycles. The van der Waals surface area contributed by atoms with Crippen molar-refractivity contribution in [2.24, 2.45) is 5.10 Å². The Morgan fingerprint density at radius 2 is 1.59 bits per heavy atom. The van der Waals surface area contributed by atoms with E-state index in [2.05, 4.69) is 10.5 Å². The van der Waals surface area contributed by atoms with Crippen LogP contribution in [0.25, 0.3) is 0 Å². The Morgan fingerprint density at radius 3 is 2.16 bits per heavy atom. The summed E-state index contributed by atoms with van der Waals surface area (Å²) in [5.41, 5.74) is 3.90. The fraction of sp³-hybridized carbons (Fsp3) is 0.231. The van der Waals surface area contributed by atoms with Crippen molar-refractivity contribution >= 4 is 33.7 Å². The zero-order valence-electron chi connectivity index (χ0n) is 20.7. The van der Waals surface area contributed by atoms with Gasteiger partial charge in [-0.3, -0.25) is 4.79 Å². The molecule has 3 rings (SSSR count). The monoisotopic (exact) mass is 545 g/mol. The molecule has 0 aliphatic carbocycles. The summed E-state index contributed by atoms with van der Waals surface area (Å²) in [5, 5.41) is 4.38. The summed E-state index contributed by atoms with van der Waals surface area (Å²) >= 11 is 5.92. The first-order chi connectivity index (χ1) is 17.8. The Balaban J connectivity index is 1.76. The lowest BCUT2D eigenvalue weighted by Crippen LogP contribution is -2.40. The Kier molecular flexibility index (Phi) is 9.90. The highest BCUT2D eigenvalue weighted by Crippen LogP contribution is 2.37. The van der Waals surface area contributed by atoms with E-state index in [9.17, 15) is 13.2 Å². The maximum atomic E-state index is 13.3. The first kappa shape index (κ1) is 28.0. The average molecular weight is 546 g/mol. The van der Waals surface area contributed by atoms with Crippen molar-refractivity contribution in [3.8, 4) is 17.2 Å².